The Morgan fingerprint density at radius 3 is 2.65 bits per heavy atom. The van der Waals surface area contributed by atoms with Crippen LogP contribution >= 0.6 is 34.8 Å². The number of nitrogens with two attached hydrogens (primary N) is 1. The number of aromatic hydroxyl groups is 2. The molecule has 2 aromatic rings. The van der Waals surface area contributed by atoms with Gasteiger partial charge in [0.15, 0.2) is 22.3 Å². The first kappa shape index (κ1) is 17.1. The van der Waals surface area contributed by atoms with Crippen LogP contribution in [0.1, 0.15) is 16.1 Å². The van der Waals surface area contributed by atoms with Gasteiger partial charge in [-0.1, -0.05) is 40.9 Å². The topological polar surface area (TPSA) is 121 Å². The number of rotatable bonds is 3. The van der Waals surface area contributed by atoms with E-state index in [4.69, 9.17) is 40.5 Å². The number of pyridine rings is 1. The monoisotopic (exact) mass is 374 g/mol. The minimum Gasteiger partial charge on any atom is -0.504 e. The molecule has 7 nitrogen and oxygen atoms in total. The molecule has 0 fully saturated rings. The lowest BCUT2D eigenvalue weighted by atomic mass is 10.2. The Hall–Kier alpha value is -2.22. The number of hydrogen-bond acceptors (Lipinski definition) is 6. The summed E-state index contributed by atoms with van der Waals surface area (Å²) in [7, 11) is 0. The minimum atomic E-state index is -0.781. The Kier molecular flexibility index (Phi) is 5.15. The predicted molar refractivity (Wildman–Crippen MR) is 88.5 cm³/mol. The number of nitrogens with zero attached hydrogens (tertiary/aromatic N) is 2. The van der Waals surface area contributed by atoms with Crippen LogP contribution in [0.2, 0.25) is 15.2 Å². The first-order chi connectivity index (χ1) is 10.8. The maximum absolute atomic E-state index is 12.0. The van der Waals surface area contributed by atoms with Crippen LogP contribution < -0.4 is 11.2 Å². The van der Waals surface area contributed by atoms with E-state index in [1.807, 2.05) is 0 Å². The molecule has 0 saturated heterocycles. The fraction of sp³-hybridized carbons (Fsp3) is 0. The standard InChI is InChI=1S/C13H9Cl3N4O3/c14-7-9(17)8(15)12(16)19-10(7)13(23)20-18-4-5-2-1-3-6(21)11(5)22/h1-4,21-22H,(H2,17,19)(H,20,23). The molecule has 0 aliphatic carbocycles. The van der Waals surface area contributed by atoms with Gasteiger partial charge in [0, 0.05) is 5.56 Å². The van der Waals surface area contributed by atoms with Crippen LogP contribution in [0.4, 0.5) is 5.69 Å². The summed E-state index contributed by atoms with van der Waals surface area (Å²) in [5.41, 5.74) is 7.62. The van der Waals surface area contributed by atoms with Crippen molar-refractivity contribution >= 4 is 52.6 Å². The summed E-state index contributed by atoms with van der Waals surface area (Å²) in [6.07, 6.45) is 1.13. The van der Waals surface area contributed by atoms with Gasteiger partial charge in [0.05, 0.1) is 16.9 Å². The molecule has 0 unspecified atom stereocenters. The SMILES string of the molecule is Nc1c(Cl)c(Cl)nc(C(=O)NN=Cc2cccc(O)c2O)c1Cl. The summed E-state index contributed by atoms with van der Waals surface area (Å²) >= 11 is 17.4. The number of amides is 1. The number of nitrogens with one attached hydrogen (secondary N) is 1. The molecule has 1 aromatic carbocycles. The fourth-order valence-corrected chi connectivity index (χ4v) is 2.14. The number of phenols is 2. The zero-order chi connectivity index (χ0) is 17.1. The molecule has 0 atom stereocenters. The molecule has 0 saturated carbocycles. The highest BCUT2D eigenvalue weighted by Crippen LogP contribution is 2.34. The van der Waals surface area contributed by atoms with E-state index in [1.165, 1.54) is 18.2 Å². The zero-order valence-electron chi connectivity index (χ0n) is 11.2. The molecular formula is C13H9Cl3N4O3. The summed E-state index contributed by atoms with van der Waals surface area (Å²) in [6.45, 7) is 0. The van der Waals surface area contributed by atoms with Crippen molar-refractivity contribution in [2.24, 2.45) is 5.10 Å². The van der Waals surface area contributed by atoms with Gasteiger partial charge in [-0.25, -0.2) is 10.4 Å². The van der Waals surface area contributed by atoms with E-state index in [2.05, 4.69) is 15.5 Å². The Morgan fingerprint density at radius 1 is 1.26 bits per heavy atom. The molecule has 0 aliphatic heterocycles. The first-order valence-corrected chi connectivity index (χ1v) is 7.10. The number of hydrogen-bond donors (Lipinski definition) is 4. The van der Waals surface area contributed by atoms with Crippen LogP contribution in [0.25, 0.3) is 0 Å². The number of nitrogen functional groups attached to an aromatic ring is 1. The van der Waals surface area contributed by atoms with Crippen molar-refractivity contribution < 1.29 is 15.0 Å². The van der Waals surface area contributed by atoms with Gasteiger partial charge in [-0.05, 0) is 12.1 Å². The lowest BCUT2D eigenvalue weighted by molar-refractivity contribution is 0.0950. The van der Waals surface area contributed by atoms with Crippen LogP contribution in [0, 0.1) is 0 Å². The van der Waals surface area contributed by atoms with Crippen molar-refractivity contribution in [3.63, 3.8) is 0 Å². The van der Waals surface area contributed by atoms with E-state index < -0.39 is 5.91 Å². The van der Waals surface area contributed by atoms with Crippen LogP contribution in [-0.2, 0) is 0 Å². The molecule has 0 bridgehead atoms. The molecule has 23 heavy (non-hydrogen) atoms. The van der Waals surface area contributed by atoms with Gasteiger partial charge in [-0.15, -0.1) is 0 Å². The van der Waals surface area contributed by atoms with Gasteiger partial charge in [-0.3, -0.25) is 4.79 Å². The summed E-state index contributed by atoms with van der Waals surface area (Å²) in [5, 5.41) is 22.2. The van der Waals surface area contributed by atoms with E-state index in [0.717, 1.165) is 6.21 Å². The predicted octanol–water partition coefficient (Wildman–Crippen LogP) is 2.80. The number of benzene rings is 1. The molecule has 5 N–H and O–H groups in total. The van der Waals surface area contributed by atoms with Gasteiger partial charge < -0.3 is 15.9 Å². The Labute approximate surface area is 145 Å². The molecule has 10 heteroatoms. The second kappa shape index (κ2) is 6.91. The Balaban J connectivity index is 2.20. The van der Waals surface area contributed by atoms with Gasteiger partial charge in [0.1, 0.15) is 5.02 Å². The number of para-hydroxylation sites is 1. The number of halogens is 3. The number of aromatic nitrogens is 1. The van der Waals surface area contributed by atoms with Crippen LogP contribution in [-0.4, -0.2) is 27.3 Å². The maximum atomic E-state index is 12.0. The quantitative estimate of drug-likeness (QED) is 0.284. The number of hydrazone groups is 1. The van der Waals surface area contributed by atoms with E-state index in [9.17, 15) is 15.0 Å². The molecule has 0 radical (unpaired) electrons. The van der Waals surface area contributed by atoms with Gasteiger partial charge in [0.2, 0.25) is 0 Å². The molecule has 1 aromatic heterocycles. The van der Waals surface area contributed by atoms with Crippen molar-refractivity contribution in [3.05, 3.63) is 44.7 Å². The number of anilines is 1. The second-order valence-corrected chi connectivity index (χ2v) is 5.32. The lowest BCUT2D eigenvalue weighted by Gasteiger charge is -2.07. The van der Waals surface area contributed by atoms with Crippen molar-refractivity contribution in [1.82, 2.24) is 10.4 Å². The molecule has 0 spiro atoms. The van der Waals surface area contributed by atoms with Crippen LogP contribution in [0.5, 0.6) is 11.5 Å². The normalized spacial score (nSPS) is 10.9. The van der Waals surface area contributed by atoms with Crippen molar-refractivity contribution in [2.45, 2.75) is 0 Å². The number of carbonyl (C=O) groups excluding carboxylic acids is 1. The van der Waals surface area contributed by atoms with Crippen LogP contribution in [0.15, 0.2) is 23.3 Å². The van der Waals surface area contributed by atoms with Gasteiger partial charge in [-0.2, -0.15) is 5.10 Å². The minimum absolute atomic E-state index is 0.0543. The first-order valence-electron chi connectivity index (χ1n) is 5.97. The van der Waals surface area contributed by atoms with Crippen molar-refractivity contribution in [3.8, 4) is 11.5 Å². The summed E-state index contributed by atoms with van der Waals surface area (Å²) in [4.78, 5) is 15.7. The highest BCUT2D eigenvalue weighted by molar-refractivity contribution is 6.46. The van der Waals surface area contributed by atoms with Crippen molar-refractivity contribution in [2.75, 3.05) is 5.73 Å². The largest absolute Gasteiger partial charge is 0.504 e. The molecule has 2 rings (SSSR count). The molecule has 0 aliphatic rings. The average molecular weight is 376 g/mol. The van der Waals surface area contributed by atoms with Crippen molar-refractivity contribution in [1.29, 1.82) is 0 Å². The third kappa shape index (κ3) is 3.58. The summed E-state index contributed by atoms with van der Waals surface area (Å²) in [6, 6.07) is 4.27. The van der Waals surface area contributed by atoms with E-state index in [0.29, 0.717) is 0 Å². The molecule has 1 amide bonds. The van der Waals surface area contributed by atoms with E-state index in [-0.39, 0.29) is 43.6 Å². The Bertz CT molecular complexity index is 812. The molecular weight excluding hydrogens is 367 g/mol. The molecule has 120 valence electrons. The zero-order valence-corrected chi connectivity index (χ0v) is 13.5. The Morgan fingerprint density at radius 2 is 1.96 bits per heavy atom. The third-order valence-electron chi connectivity index (χ3n) is 2.70. The summed E-state index contributed by atoms with van der Waals surface area (Å²) < 4.78 is 0. The second-order valence-electron chi connectivity index (χ2n) is 4.21. The van der Waals surface area contributed by atoms with E-state index >= 15 is 0 Å². The maximum Gasteiger partial charge on any atom is 0.291 e. The average Bonchev–Trinajstić information content (AvgIpc) is 2.52. The van der Waals surface area contributed by atoms with E-state index in [1.54, 1.807) is 0 Å². The van der Waals surface area contributed by atoms with Crippen LogP contribution in [0.3, 0.4) is 0 Å². The smallest absolute Gasteiger partial charge is 0.291 e. The van der Waals surface area contributed by atoms with Gasteiger partial charge in [0.25, 0.3) is 5.91 Å². The molecule has 1 heterocycles. The van der Waals surface area contributed by atoms with Gasteiger partial charge >= 0.3 is 0 Å². The third-order valence-corrected chi connectivity index (χ3v) is 3.84. The summed E-state index contributed by atoms with van der Waals surface area (Å²) in [5.74, 6) is -1.47. The fourth-order valence-electron chi connectivity index (χ4n) is 1.55. The number of carbonyl (C=O) groups is 1. The number of phenolic OH excluding ortho intramolecular Hbond substituents is 2. The highest BCUT2D eigenvalue weighted by Gasteiger charge is 2.19. The highest BCUT2D eigenvalue weighted by atomic mass is 35.5. The lowest BCUT2D eigenvalue weighted by Crippen LogP contribution is -2.20.